The van der Waals surface area contributed by atoms with Crippen LogP contribution in [-0.2, 0) is 11.2 Å². The molecule has 90 valence electrons. The Hall–Kier alpha value is -0.380. The first kappa shape index (κ1) is 12.1. The highest BCUT2D eigenvalue weighted by atomic mass is 32.1. The minimum absolute atomic E-state index is 0.248. The Morgan fingerprint density at radius 2 is 2.25 bits per heavy atom. The zero-order chi connectivity index (χ0) is 11.5. The highest BCUT2D eigenvalue weighted by molar-refractivity contribution is 7.12. The minimum atomic E-state index is 0.248. The van der Waals surface area contributed by atoms with Crippen molar-refractivity contribution in [3.05, 3.63) is 21.9 Å². The molecule has 1 aromatic rings. The average Bonchev–Trinajstić information content (AvgIpc) is 2.70. The zero-order valence-corrected chi connectivity index (χ0v) is 11.1. The summed E-state index contributed by atoms with van der Waals surface area (Å²) in [5.41, 5.74) is 0. The monoisotopic (exact) mass is 239 g/mol. The van der Waals surface area contributed by atoms with Crippen LogP contribution in [0.4, 0.5) is 0 Å². The maximum Gasteiger partial charge on any atom is 0.104 e. The van der Waals surface area contributed by atoms with Crippen molar-refractivity contribution in [2.75, 3.05) is 13.2 Å². The van der Waals surface area contributed by atoms with Gasteiger partial charge in [-0.1, -0.05) is 13.8 Å². The molecule has 0 saturated carbocycles. The second-order valence-corrected chi connectivity index (χ2v) is 5.85. The molecule has 2 rings (SSSR count). The lowest BCUT2D eigenvalue weighted by molar-refractivity contribution is 0.0518. The van der Waals surface area contributed by atoms with Gasteiger partial charge in [-0.2, -0.15) is 0 Å². The van der Waals surface area contributed by atoms with E-state index in [2.05, 4.69) is 38.2 Å². The number of thiophene rings is 1. The fourth-order valence-electron chi connectivity index (χ4n) is 1.91. The third-order valence-corrected chi connectivity index (χ3v) is 4.71. The molecule has 0 aromatic carbocycles. The highest BCUT2D eigenvalue weighted by Gasteiger charge is 2.23. The van der Waals surface area contributed by atoms with Gasteiger partial charge < -0.3 is 10.1 Å². The van der Waals surface area contributed by atoms with Gasteiger partial charge >= 0.3 is 0 Å². The predicted molar refractivity (Wildman–Crippen MR) is 69.0 cm³/mol. The van der Waals surface area contributed by atoms with Crippen molar-refractivity contribution in [3.63, 3.8) is 0 Å². The van der Waals surface area contributed by atoms with Crippen LogP contribution in [0.5, 0.6) is 0 Å². The Balaban J connectivity index is 2.04. The minimum Gasteiger partial charge on any atom is -0.371 e. The van der Waals surface area contributed by atoms with E-state index in [1.165, 1.54) is 9.75 Å². The quantitative estimate of drug-likeness (QED) is 0.856. The molecule has 1 saturated heterocycles. The second kappa shape index (κ2) is 5.30. The van der Waals surface area contributed by atoms with Crippen LogP contribution in [0.1, 0.15) is 36.6 Å². The van der Waals surface area contributed by atoms with Crippen LogP contribution in [0.3, 0.4) is 0 Å². The van der Waals surface area contributed by atoms with Crippen molar-refractivity contribution in [1.82, 2.24) is 5.32 Å². The molecule has 1 aliphatic rings. The molecule has 0 radical (unpaired) electrons. The maximum atomic E-state index is 5.98. The molecule has 0 aliphatic carbocycles. The van der Waals surface area contributed by atoms with Gasteiger partial charge in [0.1, 0.15) is 6.10 Å². The third-order valence-electron chi connectivity index (χ3n) is 3.39. The van der Waals surface area contributed by atoms with Crippen LogP contribution in [0.2, 0.25) is 0 Å². The molecule has 3 unspecified atom stereocenters. The second-order valence-electron chi connectivity index (χ2n) is 4.65. The summed E-state index contributed by atoms with van der Waals surface area (Å²) in [6, 6.07) is 4.99. The van der Waals surface area contributed by atoms with Gasteiger partial charge in [-0.05, 0) is 31.4 Å². The lowest BCUT2D eigenvalue weighted by atomic mass is 10.1. The van der Waals surface area contributed by atoms with E-state index in [4.69, 9.17) is 4.74 Å². The Morgan fingerprint density at radius 1 is 1.44 bits per heavy atom. The smallest absolute Gasteiger partial charge is 0.104 e. The summed E-state index contributed by atoms with van der Waals surface area (Å²) in [5.74, 6) is 0.593. The largest absolute Gasteiger partial charge is 0.371 e. The number of hydrogen-bond acceptors (Lipinski definition) is 3. The summed E-state index contributed by atoms with van der Waals surface area (Å²) < 4.78 is 5.98. The van der Waals surface area contributed by atoms with Crippen LogP contribution in [-0.4, -0.2) is 19.2 Å². The summed E-state index contributed by atoms with van der Waals surface area (Å²) >= 11 is 1.89. The van der Waals surface area contributed by atoms with Gasteiger partial charge in [-0.15, -0.1) is 11.3 Å². The van der Waals surface area contributed by atoms with Crippen LogP contribution < -0.4 is 5.32 Å². The Bertz CT molecular complexity index is 324. The van der Waals surface area contributed by atoms with Crippen LogP contribution in [0, 0.1) is 5.92 Å². The molecule has 16 heavy (non-hydrogen) atoms. The Morgan fingerprint density at radius 3 is 2.94 bits per heavy atom. The molecule has 0 spiro atoms. The molecule has 0 bridgehead atoms. The van der Waals surface area contributed by atoms with Crippen LogP contribution in [0.25, 0.3) is 0 Å². The van der Waals surface area contributed by atoms with Crippen molar-refractivity contribution in [3.8, 4) is 0 Å². The molecule has 1 aromatic heterocycles. The summed E-state index contributed by atoms with van der Waals surface area (Å²) in [6.45, 7) is 8.48. The summed E-state index contributed by atoms with van der Waals surface area (Å²) in [4.78, 5) is 2.81. The molecule has 3 heteroatoms. The van der Waals surface area contributed by atoms with E-state index in [0.29, 0.717) is 12.0 Å². The van der Waals surface area contributed by atoms with E-state index >= 15 is 0 Å². The van der Waals surface area contributed by atoms with E-state index in [-0.39, 0.29) is 6.10 Å². The molecule has 2 heterocycles. The van der Waals surface area contributed by atoms with Crippen LogP contribution in [0.15, 0.2) is 12.1 Å². The first-order valence-corrected chi connectivity index (χ1v) is 6.96. The van der Waals surface area contributed by atoms with E-state index in [0.717, 1.165) is 19.6 Å². The highest BCUT2D eigenvalue weighted by Crippen LogP contribution is 2.28. The summed E-state index contributed by atoms with van der Waals surface area (Å²) in [6.07, 6.45) is 1.37. The van der Waals surface area contributed by atoms with Crippen molar-refractivity contribution in [2.45, 2.75) is 39.3 Å². The van der Waals surface area contributed by atoms with Gasteiger partial charge in [0, 0.05) is 22.3 Å². The first-order chi connectivity index (χ1) is 7.70. The number of hydrogen-bond donors (Lipinski definition) is 1. The number of nitrogens with one attached hydrogen (secondary N) is 1. The molecule has 0 amide bonds. The number of rotatable bonds is 2. The zero-order valence-electron chi connectivity index (χ0n) is 10.3. The predicted octanol–water partition coefficient (Wildman–Crippen LogP) is 3.00. The van der Waals surface area contributed by atoms with Gasteiger partial charge in [0.05, 0.1) is 6.61 Å². The van der Waals surface area contributed by atoms with E-state index in [1.807, 2.05) is 11.3 Å². The van der Waals surface area contributed by atoms with Gasteiger partial charge in [0.2, 0.25) is 0 Å². The lowest BCUT2D eigenvalue weighted by Crippen LogP contribution is -2.32. The topological polar surface area (TPSA) is 21.3 Å². The fraction of sp³-hybridized carbons (Fsp3) is 0.692. The van der Waals surface area contributed by atoms with E-state index in [1.54, 1.807) is 0 Å². The van der Waals surface area contributed by atoms with Gasteiger partial charge in [-0.25, -0.2) is 0 Å². The molecular formula is C13H21NOS. The molecule has 1 N–H and O–H groups in total. The molecule has 2 nitrogen and oxygen atoms in total. The standard InChI is InChI=1S/C13H21NOS/c1-4-11-5-6-13(16-11)12-7-14-10(3)9(2)8-15-12/h5-6,9-10,12,14H,4,7-8H2,1-3H3. The van der Waals surface area contributed by atoms with Gasteiger partial charge in [0.15, 0.2) is 0 Å². The van der Waals surface area contributed by atoms with Crippen molar-refractivity contribution >= 4 is 11.3 Å². The normalized spacial score (nSPS) is 31.3. The number of aryl methyl sites for hydroxylation is 1. The third kappa shape index (κ3) is 2.65. The van der Waals surface area contributed by atoms with Crippen molar-refractivity contribution in [1.29, 1.82) is 0 Å². The fourth-order valence-corrected chi connectivity index (χ4v) is 2.91. The average molecular weight is 239 g/mol. The summed E-state index contributed by atoms with van der Waals surface area (Å²) in [7, 11) is 0. The molecule has 1 aliphatic heterocycles. The van der Waals surface area contributed by atoms with Crippen molar-refractivity contribution in [2.24, 2.45) is 5.92 Å². The number of ether oxygens (including phenoxy) is 1. The van der Waals surface area contributed by atoms with Crippen molar-refractivity contribution < 1.29 is 4.74 Å². The Kier molecular flexibility index (Phi) is 4.00. The first-order valence-electron chi connectivity index (χ1n) is 6.14. The molecule has 1 fully saturated rings. The Labute approximate surface area is 102 Å². The van der Waals surface area contributed by atoms with E-state index in [9.17, 15) is 0 Å². The molecular weight excluding hydrogens is 218 g/mol. The lowest BCUT2D eigenvalue weighted by Gasteiger charge is -2.15. The maximum absolute atomic E-state index is 5.98. The van der Waals surface area contributed by atoms with E-state index < -0.39 is 0 Å². The van der Waals surface area contributed by atoms with Gasteiger partial charge in [0.25, 0.3) is 0 Å². The summed E-state index contributed by atoms with van der Waals surface area (Å²) in [5, 5.41) is 3.55. The van der Waals surface area contributed by atoms with Crippen LogP contribution >= 0.6 is 11.3 Å². The molecule has 3 atom stereocenters. The SMILES string of the molecule is CCc1ccc(C2CNC(C)C(C)CO2)s1. The van der Waals surface area contributed by atoms with Gasteiger partial charge in [-0.3, -0.25) is 0 Å².